The van der Waals surface area contributed by atoms with Crippen molar-refractivity contribution in [3.8, 4) is 11.8 Å². The quantitative estimate of drug-likeness (QED) is 0.126. The number of anilines is 1. The first-order valence-electron chi connectivity index (χ1n) is 11.8. The Kier molecular flexibility index (Phi) is 6.48. The Labute approximate surface area is 214 Å². The van der Waals surface area contributed by atoms with Crippen LogP contribution >= 0.6 is 0 Å². The lowest BCUT2D eigenvalue weighted by atomic mass is 10.0. The van der Waals surface area contributed by atoms with Crippen LogP contribution in [-0.2, 0) is 4.79 Å². The summed E-state index contributed by atoms with van der Waals surface area (Å²) >= 11 is 0. The first kappa shape index (κ1) is 23.5. The maximum atomic E-state index is 13.3. The molecule has 37 heavy (non-hydrogen) atoms. The monoisotopic (exact) mass is 482 g/mol. The molecule has 5 aromatic rings. The van der Waals surface area contributed by atoms with Gasteiger partial charge in [-0.2, -0.15) is 5.26 Å². The summed E-state index contributed by atoms with van der Waals surface area (Å²) in [5, 5.41) is 16.0. The smallest absolute Gasteiger partial charge is 0.344 e. The second kappa shape index (κ2) is 10.2. The number of ether oxygens (including phenoxy) is 1. The van der Waals surface area contributed by atoms with E-state index in [9.17, 15) is 14.9 Å². The van der Waals surface area contributed by atoms with E-state index in [1.807, 2.05) is 97.9 Å². The number of esters is 1. The van der Waals surface area contributed by atoms with Crippen LogP contribution < -0.4 is 10.1 Å². The second-order valence-corrected chi connectivity index (χ2v) is 8.55. The number of fused-ring (bicyclic) bond motifs is 2. The van der Waals surface area contributed by atoms with Gasteiger partial charge in [-0.1, -0.05) is 84.9 Å². The minimum atomic E-state index is -0.545. The van der Waals surface area contributed by atoms with Gasteiger partial charge < -0.3 is 10.1 Å². The Bertz CT molecular complexity index is 1740. The molecule has 0 fully saturated rings. The third-order valence-corrected chi connectivity index (χ3v) is 6.19. The van der Waals surface area contributed by atoms with E-state index >= 15 is 0 Å². The number of carbonyl (C=O) groups is 2. The highest BCUT2D eigenvalue weighted by Gasteiger charge is 2.18. The predicted octanol–water partition coefficient (Wildman–Crippen LogP) is 7.07. The summed E-state index contributed by atoms with van der Waals surface area (Å²) in [6.07, 6.45) is 1.47. The average molecular weight is 483 g/mol. The van der Waals surface area contributed by atoms with Crippen LogP contribution in [0, 0.1) is 18.3 Å². The molecule has 1 N–H and O–H groups in total. The SMILES string of the molecule is Cc1ccccc1NC(=O)/C(C#N)=C/c1c(OC(=O)c2cccc3ccccc23)ccc2ccccc12. The van der Waals surface area contributed by atoms with E-state index in [4.69, 9.17) is 4.74 Å². The van der Waals surface area contributed by atoms with Crippen LogP contribution in [0.4, 0.5) is 5.69 Å². The van der Waals surface area contributed by atoms with Gasteiger partial charge in [0.2, 0.25) is 0 Å². The molecule has 0 radical (unpaired) electrons. The summed E-state index contributed by atoms with van der Waals surface area (Å²) < 4.78 is 5.89. The first-order valence-corrected chi connectivity index (χ1v) is 11.8. The number of nitriles is 1. The number of nitrogens with zero attached hydrogens (tertiary/aromatic N) is 1. The number of hydrogen-bond acceptors (Lipinski definition) is 4. The molecule has 0 heterocycles. The number of rotatable bonds is 5. The van der Waals surface area contributed by atoms with Gasteiger partial charge in [0.05, 0.1) is 5.56 Å². The summed E-state index contributed by atoms with van der Waals surface area (Å²) in [4.78, 5) is 26.3. The van der Waals surface area contributed by atoms with Gasteiger partial charge in [0, 0.05) is 11.3 Å². The van der Waals surface area contributed by atoms with Crippen molar-refractivity contribution < 1.29 is 14.3 Å². The van der Waals surface area contributed by atoms with Gasteiger partial charge in [0.1, 0.15) is 17.4 Å². The lowest BCUT2D eigenvalue weighted by Gasteiger charge is -2.13. The number of nitrogens with one attached hydrogen (secondary N) is 1. The number of para-hydroxylation sites is 1. The Morgan fingerprint density at radius 3 is 2.19 bits per heavy atom. The number of benzene rings is 5. The van der Waals surface area contributed by atoms with E-state index in [2.05, 4.69) is 5.32 Å². The molecule has 0 spiro atoms. The Hall–Kier alpha value is -5.21. The highest BCUT2D eigenvalue weighted by atomic mass is 16.5. The average Bonchev–Trinajstić information content (AvgIpc) is 2.93. The fourth-order valence-electron chi connectivity index (χ4n) is 4.27. The highest BCUT2D eigenvalue weighted by Crippen LogP contribution is 2.32. The standard InChI is InChI=1S/C32H22N2O3/c1-21-9-2-7-16-29(21)34-31(35)24(20-33)19-28-26-14-6-4-11-23(26)17-18-30(28)37-32(36)27-15-8-12-22-10-3-5-13-25(22)27/h2-19H,1H3,(H,34,35)/b24-19+. The molecule has 0 unspecified atom stereocenters. The largest absolute Gasteiger partial charge is 0.422 e. The van der Waals surface area contributed by atoms with Crippen LogP contribution in [0.1, 0.15) is 21.5 Å². The Morgan fingerprint density at radius 1 is 0.784 bits per heavy atom. The number of carbonyl (C=O) groups excluding carboxylic acids is 2. The van der Waals surface area contributed by atoms with Gasteiger partial charge in [0.15, 0.2) is 0 Å². The fourth-order valence-corrected chi connectivity index (χ4v) is 4.27. The molecule has 1 amide bonds. The molecule has 0 aromatic heterocycles. The van der Waals surface area contributed by atoms with Crippen molar-refractivity contribution in [2.45, 2.75) is 6.92 Å². The number of aryl methyl sites for hydroxylation is 1. The van der Waals surface area contributed by atoms with Crippen LogP contribution in [-0.4, -0.2) is 11.9 Å². The summed E-state index contributed by atoms with van der Waals surface area (Å²) in [6.45, 7) is 1.88. The summed E-state index contributed by atoms with van der Waals surface area (Å²) in [6, 6.07) is 33.5. The second-order valence-electron chi connectivity index (χ2n) is 8.55. The van der Waals surface area contributed by atoms with Crippen molar-refractivity contribution in [2.24, 2.45) is 0 Å². The maximum Gasteiger partial charge on any atom is 0.344 e. The molecule has 0 aliphatic carbocycles. The zero-order valence-corrected chi connectivity index (χ0v) is 20.1. The summed E-state index contributed by atoms with van der Waals surface area (Å²) in [5.74, 6) is -0.811. The van der Waals surface area contributed by atoms with E-state index < -0.39 is 11.9 Å². The van der Waals surface area contributed by atoms with E-state index in [-0.39, 0.29) is 11.3 Å². The molecule has 0 saturated carbocycles. The molecule has 0 bridgehead atoms. The normalized spacial score (nSPS) is 11.2. The molecule has 0 aliphatic heterocycles. The van der Waals surface area contributed by atoms with Crippen molar-refractivity contribution in [3.05, 3.63) is 125 Å². The molecule has 0 saturated heterocycles. The van der Waals surface area contributed by atoms with E-state index in [0.29, 0.717) is 16.8 Å². The zero-order chi connectivity index (χ0) is 25.8. The lowest BCUT2D eigenvalue weighted by molar-refractivity contribution is -0.112. The molecule has 5 heteroatoms. The minimum absolute atomic E-state index is 0.109. The molecule has 5 aromatic carbocycles. The van der Waals surface area contributed by atoms with Gasteiger partial charge in [0.25, 0.3) is 5.91 Å². The topological polar surface area (TPSA) is 79.2 Å². The van der Waals surface area contributed by atoms with Crippen LogP contribution in [0.5, 0.6) is 5.75 Å². The molecule has 0 atom stereocenters. The van der Waals surface area contributed by atoms with Crippen LogP contribution in [0.3, 0.4) is 0 Å². The molecular weight excluding hydrogens is 460 g/mol. The van der Waals surface area contributed by atoms with E-state index in [1.165, 1.54) is 6.08 Å². The summed E-state index contributed by atoms with van der Waals surface area (Å²) in [7, 11) is 0. The van der Waals surface area contributed by atoms with Crippen molar-refractivity contribution in [3.63, 3.8) is 0 Å². The van der Waals surface area contributed by atoms with Gasteiger partial charge in [-0.3, -0.25) is 4.79 Å². The van der Waals surface area contributed by atoms with E-state index in [0.717, 1.165) is 27.1 Å². The lowest BCUT2D eigenvalue weighted by Crippen LogP contribution is -2.14. The Morgan fingerprint density at radius 2 is 1.43 bits per heavy atom. The van der Waals surface area contributed by atoms with E-state index in [1.54, 1.807) is 18.2 Å². The van der Waals surface area contributed by atoms with Gasteiger partial charge in [-0.25, -0.2) is 4.79 Å². The Balaban J connectivity index is 1.57. The fraction of sp³-hybridized carbons (Fsp3) is 0.0312. The number of amides is 1. The van der Waals surface area contributed by atoms with Gasteiger partial charge in [-0.05, 0) is 58.3 Å². The molecule has 5 nitrogen and oxygen atoms in total. The summed E-state index contributed by atoms with van der Waals surface area (Å²) in [5.41, 5.74) is 2.29. The first-order chi connectivity index (χ1) is 18.0. The van der Waals surface area contributed by atoms with Crippen molar-refractivity contribution in [1.82, 2.24) is 0 Å². The van der Waals surface area contributed by atoms with Crippen molar-refractivity contribution in [1.29, 1.82) is 5.26 Å². The third kappa shape index (κ3) is 4.82. The van der Waals surface area contributed by atoms with Crippen LogP contribution in [0.15, 0.2) is 109 Å². The highest BCUT2D eigenvalue weighted by molar-refractivity contribution is 6.12. The molecule has 5 rings (SSSR count). The minimum Gasteiger partial charge on any atom is -0.422 e. The molecule has 0 aliphatic rings. The maximum absolute atomic E-state index is 13.3. The molecular formula is C32H22N2O3. The molecule has 178 valence electrons. The van der Waals surface area contributed by atoms with Crippen LogP contribution in [0.25, 0.3) is 27.6 Å². The third-order valence-electron chi connectivity index (χ3n) is 6.19. The van der Waals surface area contributed by atoms with Gasteiger partial charge >= 0.3 is 5.97 Å². The van der Waals surface area contributed by atoms with Crippen molar-refractivity contribution >= 4 is 45.2 Å². The van der Waals surface area contributed by atoms with Crippen LogP contribution in [0.2, 0.25) is 0 Å². The predicted molar refractivity (Wildman–Crippen MR) is 146 cm³/mol. The zero-order valence-electron chi connectivity index (χ0n) is 20.1. The van der Waals surface area contributed by atoms with Crippen molar-refractivity contribution in [2.75, 3.05) is 5.32 Å². The van der Waals surface area contributed by atoms with Gasteiger partial charge in [-0.15, -0.1) is 0 Å². The number of hydrogen-bond donors (Lipinski definition) is 1.